The Bertz CT molecular complexity index is 941. The van der Waals surface area contributed by atoms with E-state index in [1.54, 1.807) is 22.7 Å². The van der Waals surface area contributed by atoms with E-state index < -0.39 is 0 Å². The number of halogens is 2. The van der Waals surface area contributed by atoms with E-state index in [1.165, 1.54) is 5.56 Å². The van der Waals surface area contributed by atoms with Gasteiger partial charge in [0.2, 0.25) is 5.16 Å². The fraction of sp³-hybridized carbons (Fsp3) is 0.211. The monoisotopic (exact) mass is 508 g/mol. The summed E-state index contributed by atoms with van der Waals surface area (Å²) < 4.78 is 9.46. The number of hydrogen-bond donors (Lipinski definition) is 0. The highest BCUT2D eigenvalue weighted by Crippen LogP contribution is 2.24. The molecule has 0 aliphatic rings. The summed E-state index contributed by atoms with van der Waals surface area (Å²) in [6, 6.07) is 14.1. The van der Waals surface area contributed by atoms with Gasteiger partial charge in [0.1, 0.15) is 5.75 Å². The minimum Gasteiger partial charge on any atom is -0.493 e. The van der Waals surface area contributed by atoms with Gasteiger partial charge < -0.3 is 4.74 Å². The van der Waals surface area contributed by atoms with E-state index in [0.29, 0.717) is 6.61 Å². The molecule has 0 saturated heterocycles. The molecule has 1 heterocycles. The molecule has 0 radical (unpaired) electrons. The van der Waals surface area contributed by atoms with Gasteiger partial charge in [0.25, 0.3) is 0 Å². The summed E-state index contributed by atoms with van der Waals surface area (Å²) in [5, 5.41) is 13.7. The molecule has 0 aliphatic carbocycles. The van der Waals surface area contributed by atoms with Crippen LogP contribution in [0.3, 0.4) is 0 Å². The lowest BCUT2D eigenvalue weighted by molar-refractivity contribution is 0.339. The number of hydrogen-bond acceptors (Lipinski definition) is 5. The highest BCUT2D eigenvalue weighted by atomic mass is 79.9. The lowest BCUT2D eigenvalue weighted by Gasteiger charge is -2.07. The smallest absolute Gasteiger partial charge is 0.212 e. The lowest BCUT2D eigenvalue weighted by atomic mass is 10.2. The molecule has 0 N–H and O–H groups in total. The van der Waals surface area contributed by atoms with E-state index in [-0.39, 0.29) is 0 Å². The van der Waals surface area contributed by atoms with E-state index in [0.717, 1.165) is 37.0 Å². The number of aryl methyl sites for hydroxylation is 1. The first-order valence-corrected chi connectivity index (χ1v) is 10.9. The third kappa shape index (κ3) is 5.43. The zero-order chi connectivity index (χ0) is 19.2. The fourth-order valence-electron chi connectivity index (χ4n) is 2.32. The molecule has 0 unspecified atom stereocenters. The second-order valence-corrected chi connectivity index (χ2v) is 8.39. The van der Waals surface area contributed by atoms with Crippen LogP contribution in [0.25, 0.3) is 0 Å². The minimum atomic E-state index is 0.600. The molecule has 0 bridgehead atoms. The van der Waals surface area contributed by atoms with Crippen molar-refractivity contribution >= 4 is 49.8 Å². The van der Waals surface area contributed by atoms with Gasteiger partial charge in [-0.05, 0) is 49.7 Å². The number of aromatic nitrogens is 3. The number of ether oxygens (including phenoxy) is 1. The van der Waals surface area contributed by atoms with E-state index in [4.69, 9.17) is 4.74 Å². The third-order valence-electron chi connectivity index (χ3n) is 3.63. The average molecular weight is 510 g/mol. The van der Waals surface area contributed by atoms with E-state index in [1.807, 2.05) is 44.2 Å². The van der Waals surface area contributed by atoms with Gasteiger partial charge in [-0.15, -0.1) is 10.2 Å². The van der Waals surface area contributed by atoms with Crippen molar-refractivity contribution in [1.29, 1.82) is 0 Å². The Hall–Kier alpha value is -1.64. The van der Waals surface area contributed by atoms with Crippen molar-refractivity contribution in [2.45, 2.75) is 24.8 Å². The molecular weight excluding hydrogens is 492 g/mol. The molecule has 2 aromatic carbocycles. The van der Waals surface area contributed by atoms with Crippen molar-refractivity contribution in [1.82, 2.24) is 14.9 Å². The first-order chi connectivity index (χ1) is 13.1. The van der Waals surface area contributed by atoms with Crippen LogP contribution in [0.1, 0.15) is 23.9 Å². The van der Waals surface area contributed by atoms with Crippen LogP contribution >= 0.6 is 43.6 Å². The molecule has 0 amide bonds. The molecule has 0 spiro atoms. The summed E-state index contributed by atoms with van der Waals surface area (Å²) in [7, 11) is 0. The lowest BCUT2D eigenvalue weighted by Crippen LogP contribution is -1.99. The van der Waals surface area contributed by atoms with Crippen molar-refractivity contribution in [2.75, 3.05) is 6.61 Å². The van der Waals surface area contributed by atoms with Crippen LogP contribution in [-0.4, -0.2) is 27.7 Å². The Morgan fingerprint density at radius 1 is 1.11 bits per heavy atom. The van der Waals surface area contributed by atoms with Gasteiger partial charge in [0.05, 0.1) is 12.8 Å². The van der Waals surface area contributed by atoms with Crippen LogP contribution < -0.4 is 4.74 Å². The summed E-state index contributed by atoms with van der Waals surface area (Å²) in [4.78, 5) is 0. The summed E-state index contributed by atoms with van der Waals surface area (Å²) in [5.41, 5.74) is 2.10. The van der Waals surface area contributed by atoms with Gasteiger partial charge in [0.15, 0.2) is 5.82 Å². The van der Waals surface area contributed by atoms with Gasteiger partial charge in [-0.1, -0.05) is 55.8 Å². The molecule has 8 heteroatoms. The Morgan fingerprint density at radius 2 is 1.85 bits per heavy atom. The number of nitrogens with zero attached hydrogens (tertiary/aromatic N) is 4. The van der Waals surface area contributed by atoms with Gasteiger partial charge >= 0.3 is 0 Å². The van der Waals surface area contributed by atoms with Crippen molar-refractivity contribution < 1.29 is 4.74 Å². The van der Waals surface area contributed by atoms with Gasteiger partial charge in [-0.2, -0.15) is 9.78 Å². The molecule has 5 nitrogen and oxygen atoms in total. The zero-order valence-electron chi connectivity index (χ0n) is 14.9. The number of rotatable bonds is 7. The standard InChI is InChI=1S/C19H18Br2N4OS/c1-3-26-18-9-8-17(21)10-15(18)11-22-25-13(2)23-24-19(25)27-12-14-4-6-16(20)7-5-14/h4-11H,3,12H2,1-2H3/b22-11+. The fourth-order valence-corrected chi connectivity index (χ4v) is 3.85. The molecule has 3 aromatic rings. The molecule has 140 valence electrons. The van der Waals surface area contributed by atoms with Crippen LogP contribution in [-0.2, 0) is 5.75 Å². The summed E-state index contributed by atoms with van der Waals surface area (Å²) in [6.45, 7) is 4.45. The quantitative estimate of drug-likeness (QED) is 0.303. The Labute approximate surface area is 179 Å². The summed E-state index contributed by atoms with van der Waals surface area (Å²) in [5.74, 6) is 2.32. The molecule has 3 rings (SSSR count). The molecule has 0 saturated carbocycles. The molecular formula is C19H18Br2N4OS. The van der Waals surface area contributed by atoms with Gasteiger partial charge in [-0.25, -0.2) is 0 Å². The third-order valence-corrected chi connectivity index (χ3v) is 5.65. The Balaban J connectivity index is 1.79. The predicted octanol–water partition coefficient (Wildman–Crippen LogP) is 5.68. The largest absolute Gasteiger partial charge is 0.493 e. The van der Waals surface area contributed by atoms with Crippen LogP contribution in [0.5, 0.6) is 5.75 Å². The van der Waals surface area contributed by atoms with Gasteiger partial charge in [0, 0.05) is 20.3 Å². The van der Waals surface area contributed by atoms with E-state index >= 15 is 0 Å². The number of thioether (sulfide) groups is 1. The van der Waals surface area contributed by atoms with Gasteiger partial charge in [-0.3, -0.25) is 0 Å². The summed E-state index contributed by atoms with van der Waals surface area (Å²) >= 11 is 8.55. The van der Waals surface area contributed by atoms with Crippen molar-refractivity contribution in [3.63, 3.8) is 0 Å². The normalized spacial score (nSPS) is 11.3. The van der Waals surface area contributed by atoms with Crippen LogP contribution in [0.15, 0.2) is 61.7 Å². The van der Waals surface area contributed by atoms with E-state index in [9.17, 15) is 0 Å². The van der Waals surface area contributed by atoms with E-state index in [2.05, 4.69) is 59.3 Å². The zero-order valence-corrected chi connectivity index (χ0v) is 18.9. The maximum absolute atomic E-state index is 5.68. The summed E-state index contributed by atoms with van der Waals surface area (Å²) in [6.07, 6.45) is 1.77. The first-order valence-electron chi connectivity index (χ1n) is 8.32. The van der Waals surface area contributed by atoms with Crippen molar-refractivity contribution in [3.05, 3.63) is 68.4 Å². The Morgan fingerprint density at radius 3 is 2.59 bits per heavy atom. The van der Waals surface area contributed by atoms with Crippen LogP contribution in [0, 0.1) is 6.92 Å². The van der Waals surface area contributed by atoms with Crippen LogP contribution in [0.2, 0.25) is 0 Å². The number of benzene rings is 2. The predicted molar refractivity (Wildman–Crippen MR) is 117 cm³/mol. The maximum Gasteiger partial charge on any atom is 0.212 e. The first kappa shape index (κ1) is 20.1. The Kier molecular flexibility index (Phi) is 7.09. The second kappa shape index (κ2) is 9.52. The molecule has 27 heavy (non-hydrogen) atoms. The molecule has 0 atom stereocenters. The van der Waals surface area contributed by atoms with Crippen molar-refractivity contribution in [3.8, 4) is 5.75 Å². The highest BCUT2D eigenvalue weighted by Gasteiger charge is 2.10. The molecule has 1 aromatic heterocycles. The maximum atomic E-state index is 5.68. The highest BCUT2D eigenvalue weighted by molar-refractivity contribution is 9.10. The van der Waals surface area contributed by atoms with Crippen LogP contribution in [0.4, 0.5) is 0 Å². The average Bonchev–Trinajstić information content (AvgIpc) is 3.01. The minimum absolute atomic E-state index is 0.600. The molecule has 0 aliphatic heterocycles. The second-order valence-electron chi connectivity index (χ2n) is 5.62. The SMILES string of the molecule is CCOc1ccc(Br)cc1/C=N/n1c(C)nnc1SCc1ccc(Br)cc1. The van der Waals surface area contributed by atoms with Crippen molar-refractivity contribution in [2.24, 2.45) is 5.10 Å². The topological polar surface area (TPSA) is 52.3 Å². The molecule has 0 fully saturated rings.